The number of amides is 1. The van der Waals surface area contributed by atoms with Crippen LogP contribution in [0.5, 0.6) is 0 Å². The normalized spacial score (nSPS) is 17.8. The Morgan fingerprint density at radius 1 is 1.22 bits per heavy atom. The molecule has 2 aromatic rings. The number of carbonyl (C=O) groups is 1. The van der Waals surface area contributed by atoms with E-state index in [9.17, 15) is 9.59 Å². The fourth-order valence-electron chi connectivity index (χ4n) is 2.59. The number of hydrogen-bond acceptors (Lipinski definition) is 5. The Kier molecular flexibility index (Phi) is 4.16. The summed E-state index contributed by atoms with van der Waals surface area (Å²) in [4.78, 5) is 23.9. The van der Waals surface area contributed by atoms with Crippen molar-refractivity contribution >= 4 is 11.8 Å². The minimum Gasteiger partial charge on any atom is -0.406 e. The predicted molar refractivity (Wildman–Crippen MR) is 85.2 cm³/mol. The summed E-state index contributed by atoms with van der Waals surface area (Å²) >= 11 is 0. The summed E-state index contributed by atoms with van der Waals surface area (Å²) in [6, 6.07) is 11.0. The number of aryl methyl sites for hydroxylation is 1. The van der Waals surface area contributed by atoms with Crippen LogP contribution in [0.1, 0.15) is 41.4 Å². The van der Waals surface area contributed by atoms with Crippen LogP contribution in [0.2, 0.25) is 0 Å². The van der Waals surface area contributed by atoms with E-state index in [1.807, 2.05) is 44.2 Å². The van der Waals surface area contributed by atoms with Crippen molar-refractivity contribution in [2.24, 2.45) is 0 Å². The van der Waals surface area contributed by atoms with Crippen LogP contribution in [0.25, 0.3) is 0 Å². The van der Waals surface area contributed by atoms with Crippen LogP contribution in [0.15, 0.2) is 45.6 Å². The summed E-state index contributed by atoms with van der Waals surface area (Å²) < 4.78 is 10.9. The van der Waals surface area contributed by atoms with Gasteiger partial charge in [-0.25, -0.2) is 4.79 Å². The summed E-state index contributed by atoms with van der Waals surface area (Å²) in [5, 5.41) is 5.66. The van der Waals surface area contributed by atoms with Gasteiger partial charge < -0.3 is 19.8 Å². The fourth-order valence-corrected chi connectivity index (χ4v) is 2.59. The lowest BCUT2D eigenvalue weighted by atomic mass is 10.1. The molecule has 2 N–H and O–H groups in total. The second kappa shape index (κ2) is 6.26. The molecule has 2 heterocycles. The van der Waals surface area contributed by atoms with Crippen molar-refractivity contribution in [1.82, 2.24) is 5.32 Å². The summed E-state index contributed by atoms with van der Waals surface area (Å²) in [6.07, 6.45) is -0.438. The maximum Gasteiger partial charge on any atom is 0.337 e. The molecule has 1 aliphatic heterocycles. The van der Waals surface area contributed by atoms with E-state index >= 15 is 0 Å². The van der Waals surface area contributed by atoms with E-state index in [4.69, 9.17) is 9.15 Å². The number of anilines is 1. The molecule has 120 valence electrons. The summed E-state index contributed by atoms with van der Waals surface area (Å²) in [7, 11) is 0. The Morgan fingerprint density at radius 2 is 1.96 bits per heavy atom. The van der Waals surface area contributed by atoms with Gasteiger partial charge in [-0.1, -0.05) is 37.3 Å². The molecule has 3 rings (SSSR count). The highest BCUT2D eigenvalue weighted by Crippen LogP contribution is 2.25. The van der Waals surface area contributed by atoms with Crippen molar-refractivity contribution in [3.63, 3.8) is 0 Å². The van der Waals surface area contributed by atoms with Crippen molar-refractivity contribution in [1.29, 1.82) is 0 Å². The maximum atomic E-state index is 12.3. The average Bonchev–Trinajstić information content (AvgIpc) is 2.54. The molecule has 6 nitrogen and oxygen atoms in total. The first-order valence-electron chi connectivity index (χ1n) is 7.53. The van der Waals surface area contributed by atoms with E-state index in [0.717, 1.165) is 5.56 Å². The number of rotatable bonds is 4. The largest absolute Gasteiger partial charge is 0.406 e. The SMILES string of the molecule is CCc1cc(=O)oc2c1C(=O)NC(O[C@H](C)c1ccccc1)N2. The van der Waals surface area contributed by atoms with Crippen LogP contribution in [0.3, 0.4) is 0 Å². The Hall–Kier alpha value is -2.60. The van der Waals surface area contributed by atoms with Gasteiger partial charge in [0.05, 0.1) is 6.10 Å². The molecular formula is C17H18N2O4. The Morgan fingerprint density at radius 3 is 2.65 bits per heavy atom. The van der Waals surface area contributed by atoms with Crippen LogP contribution in [0, 0.1) is 0 Å². The number of carbonyl (C=O) groups excluding carboxylic acids is 1. The molecule has 0 aliphatic carbocycles. The minimum atomic E-state index is -0.763. The standard InChI is InChI=1S/C17H18N2O4/c1-3-11-9-13(20)23-16-14(11)15(21)18-17(19-16)22-10(2)12-7-5-4-6-8-12/h4-10,17,19H,3H2,1-2H3,(H,18,21)/t10-,17?/m1/s1. The van der Waals surface area contributed by atoms with Gasteiger partial charge in [0.25, 0.3) is 5.91 Å². The van der Waals surface area contributed by atoms with Gasteiger partial charge >= 0.3 is 5.63 Å². The highest BCUT2D eigenvalue weighted by molar-refractivity contribution is 6.01. The lowest BCUT2D eigenvalue weighted by Crippen LogP contribution is -2.47. The zero-order valence-corrected chi connectivity index (χ0v) is 13.0. The van der Waals surface area contributed by atoms with Crippen LogP contribution in [-0.2, 0) is 11.2 Å². The van der Waals surface area contributed by atoms with E-state index in [2.05, 4.69) is 10.6 Å². The molecular weight excluding hydrogens is 296 g/mol. The molecule has 1 aromatic carbocycles. The van der Waals surface area contributed by atoms with Crippen LogP contribution in [0.4, 0.5) is 5.88 Å². The van der Waals surface area contributed by atoms with Crippen LogP contribution in [-0.4, -0.2) is 12.3 Å². The van der Waals surface area contributed by atoms with Gasteiger partial charge in [-0.3, -0.25) is 4.79 Å². The Balaban J connectivity index is 1.82. The Labute approximate surface area is 133 Å². The summed E-state index contributed by atoms with van der Waals surface area (Å²) in [5.41, 5.74) is 1.51. The van der Waals surface area contributed by atoms with Gasteiger partial charge in [0.2, 0.25) is 12.2 Å². The molecule has 1 amide bonds. The molecule has 1 aliphatic rings. The van der Waals surface area contributed by atoms with Gasteiger partial charge in [0.1, 0.15) is 5.56 Å². The van der Waals surface area contributed by atoms with E-state index in [1.54, 1.807) is 0 Å². The first kappa shape index (κ1) is 15.3. The van der Waals surface area contributed by atoms with E-state index in [-0.39, 0.29) is 17.9 Å². The highest BCUT2D eigenvalue weighted by Gasteiger charge is 2.30. The number of fused-ring (bicyclic) bond motifs is 1. The molecule has 0 spiro atoms. The van der Waals surface area contributed by atoms with Gasteiger partial charge in [-0.2, -0.15) is 0 Å². The monoisotopic (exact) mass is 314 g/mol. The molecule has 1 aromatic heterocycles. The lowest BCUT2D eigenvalue weighted by molar-refractivity contribution is -0.00702. The first-order chi connectivity index (χ1) is 11.1. The molecule has 0 saturated carbocycles. The third kappa shape index (κ3) is 3.12. The van der Waals surface area contributed by atoms with Gasteiger partial charge in [0.15, 0.2) is 0 Å². The topological polar surface area (TPSA) is 80.6 Å². The average molecular weight is 314 g/mol. The molecule has 0 bridgehead atoms. The predicted octanol–water partition coefficient (Wildman–Crippen LogP) is 2.42. The third-order valence-corrected chi connectivity index (χ3v) is 3.78. The second-order valence-corrected chi connectivity index (χ2v) is 5.34. The van der Waals surface area contributed by atoms with E-state index < -0.39 is 12.0 Å². The third-order valence-electron chi connectivity index (χ3n) is 3.78. The van der Waals surface area contributed by atoms with E-state index in [0.29, 0.717) is 17.5 Å². The zero-order chi connectivity index (χ0) is 16.4. The number of ether oxygens (including phenoxy) is 1. The number of benzene rings is 1. The van der Waals surface area contributed by atoms with Crippen molar-refractivity contribution in [3.8, 4) is 0 Å². The molecule has 0 radical (unpaired) electrons. The smallest absolute Gasteiger partial charge is 0.337 e. The van der Waals surface area contributed by atoms with Crippen molar-refractivity contribution in [3.05, 3.63) is 63.5 Å². The second-order valence-electron chi connectivity index (χ2n) is 5.34. The Bertz CT molecular complexity index is 770. The van der Waals surface area contributed by atoms with Crippen molar-refractivity contribution < 1.29 is 13.9 Å². The zero-order valence-electron chi connectivity index (χ0n) is 13.0. The quantitative estimate of drug-likeness (QED) is 0.906. The lowest BCUT2D eigenvalue weighted by Gasteiger charge is -2.29. The maximum absolute atomic E-state index is 12.3. The minimum absolute atomic E-state index is 0.156. The van der Waals surface area contributed by atoms with E-state index in [1.165, 1.54) is 6.07 Å². The van der Waals surface area contributed by atoms with Gasteiger partial charge in [-0.15, -0.1) is 0 Å². The van der Waals surface area contributed by atoms with Crippen LogP contribution >= 0.6 is 0 Å². The number of nitrogens with one attached hydrogen (secondary N) is 2. The molecule has 0 fully saturated rings. The summed E-state index contributed by atoms with van der Waals surface area (Å²) in [5.74, 6) is -0.159. The first-order valence-corrected chi connectivity index (χ1v) is 7.53. The van der Waals surface area contributed by atoms with Gasteiger partial charge in [-0.05, 0) is 24.5 Å². The number of hydrogen-bond donors (Lipinski definition) is 2. The fraction of sp³-hybridized carbons (Fsp3) is 0.294. The molecule has 2 atom stereocenters. The van der Waals surface area contributed by atoms with Crippen LogP contribution < -0.4 is 16.3 Å². The molecule has 23 heavy (non-hydrogen) atoms. The highest BCUT2D eigenvalue weighted by atomic mass is 16.5. The van der Waals surface area contributed by atoms with Crippen molar-refractivity contribution in [2.45, 2.75) is 32.7 Å². The molecule has 6 heteroatoms. The van der Waals surface area contributed by atoms with Gasteiger partial charge in [0, 0.05) is 6.07 Å². The molecule has 1 unspecified atom stereocenters. The van der Waals surface area contributed by atoms with Crippen molar-refractivity contribution in [2.75, 3.05) is 5.32 Å². The summed E-state index contributed by atoms with van der Waals surface area (Å²) in [6.45, 7) is 3.76. The molecule has 0 saturated heterocycles.